The van der Waals surface area contributed by atoms with Gasteiger partial charge in [-0.15, -0.1) is 0 Å². The molecule has 10 heteroatoms. The van der Waals surface area contributed by atoms with E-state index >= 15 is 0 Å². The number of hydrogen-bond acceptors (Lipinski definition) is 8. The van der Waals surface area contributed by atoms with E-state index < -0.39 is 0 Å². The molecule has 3 aromatic heterocycles. The minimum atomic E-state index is 0.185. The normalized spacial score (nSPS) is 12.2. The number of benzene rings is 1. The van der Waals surface area contributed by atoms with Gasteiger partial charge in [-0.1, -0.05) is 13.8 Å². The summed E-state index contributed by atoms with van der Waals surface area (Å²) < 4.78 is 20.2. The van der Waals surface area contributed by atoms with Crippen molar-refractivity contribution in [3.8, 4) is 22.9 Å². The fraction of sp³-hybridized carbons (Fsp3) is 0.417. The lowest BCUT2D eigenvalue weighted by Crippen LogP contribution is -2.08. The van der Waals surface area contributed by atoms with Crippen LogP contribution in [-0.4, -0.2) is 50.6 Å². The van der Waals surface area contributed by atoms with Crippen molar-refractivity contribution in [2.75, 3.05) is 26.6 Å². The van der Waals surface area contributed by atoms with Crippen LogP contribution in [0.25, 0.3) is 16.7 Å². The quantitative estimate of drug-likeness (QED) is 0.373. The molecule has 0 saturated carbocycles. The van der Waals surface area contributed by atoms with E-state index in [-0.39, 0.29) is 12.0 Å². The lowest BCUT2D eigenvalue weighted by molar-refractivity contribution is 0.324. The number of nitrogens with one attached hydrogen (secondary N) is 1. The van der Waals surface area contributed by atoms with Gasteiger partial charge in [0.15, 0.2) is 17.1 Å². The molecule has 4 rings (SSSR count). The van der Waals surface area contributed by atoms with E-state index in [2.05, 4.69) is 43.1 Å². The largest absolute Gasteiger partial charge is 0.493 e. The summed E-state index contributed by atoms with van der Waals surface area (Å²) in [5.74, 6) is 3.99. The summed E-state index contributed by atoms with van der Waals surface area (Å²) in [4.78, 5) is 14.2. The van der Waals surface area contributed by atoms with Gasteiger partial charge in [-0.25, -0.2) is 19.6 Å². The van der Waals surface area contributed by atoms with Gasteiger partial charge in [-0.3, -0.25) is 0 Å². The number of ether oxygens (including phenoxy) is 3. The molecule has 0 spiro atoms. The molecule has 1 aromatic carbocycles. The molecule has 0 amide bonds. The highest BCUT2D eigenvalue weighted by Gasteiger charge is 2.19. The van der Waals surface area contributed by atoms with E-state index in [4.69, 9.17) is 24.2 Å². The summed E-state index contributed by atoms with van der Waals surface area (Å²) in [6.45, 7) is 8.43. The number of methoxy groups -OCH3 is 3. The van der Waals surface area contributed by atoms with E-state index in [9.17, 15) is 0 Å². The highest BCUT2D eigenvalue weighted by atomic mass is 16.5. The number of nitrogens with zero attached hydrogens (tertiary/aromatic N) is 6. The maximum atomic E-state index is 5.48. The number of anilines is 2. The molecule has 180 valence electrons. The fourth-order valence-electron chi connectivity index (χ4n) is 3.68. The molecule has 0 bridgehead atoms. The van der Waals surface area contributed by atoms with Crippen molar-refractivity contribution < 1.29 is 14.2 Å². The first-order chi connectivity index (χ1) is 16.4. The number of imidazole rings is 1. The van der Waals surface area contributed by atoms with Crippen LogP contribution in [0, 0.1) is 0 Å². The first-order valence-electron chi connectivity index (χ1n) is 11.3. The summed E-state index contributed by atoms with van der Waals surface area (Å²) in [7, 11) is 4.76. The molecule has 0 radical (unpaired) electrons. The Labute approximate surface area is 198 Å². The van der Waals surface area contributed by atoms with Crippen LogP contribution in [0.2, 0.25) is 0 Å². The second-order valence-electron chi connectivity index (χ2n) is 8.33. The first-order valence-corrected chi connectivity index (χ1v) is 11.3. The van der Waals surface area contributed by atoms with Crippen molar-refractivity contribution in [1.29, 1.82) is 0 Å². The van der Waals surface area contributed by atoms with E-state index in [1.807, 2.05) is 27.6 Å². The van der Waals surface area contributed by atoms with Crippen LogP contribution in [-0.2, 0) is 0 Å². The average Bonchev–Trinajstić information content (AvgIpc) is 3.49. The van der Waals surface area contributed by atoms with E-state index in [0.29, 0.717) is 28.9 Å². The second kappa shape index (κ2) is 9.58. The van der Waals surface area contributed by atoms with E-state index in [0.717, 1.165) is 29.0 Å². The Morgan fingerprint density at radius 3 is 2.29 bits per heavy atom. The van der Waals surface area contributed by atoms with Crippen LogP contribution in [0.4, 0.5) is 11.6 Å². The molecule has 3 heterocycles. The van der Waals surface area contributed by atoms with E-state index in [1.54, 1.807) is 33.9 Å². The van der Waals surface area contributed by atoms with Gasteiger partial charge in [-0.05, 0) is 20.3 Å². The minimum Gasteiger partial charge on any atom is -0.493 e. The second-order valence-corrected chi connectivity index (χ2v) is 8.33. The van der Waals surface area contributed by atoms with Gasteiger partial charge in [0.25, 0.3) is 0 Å². The third-order valence-corrected chi connectivity index (χ3v) is 5.79. The van der Waals surface area contributed by atoms with Crippen LogP contribution >= 0.6 is 0 Å². The molecule has 34 heavy (non-hydrogen) atoms. The first kappa shape index (κ1) is 23.3. The minimum absolute atomic E-state index is 0.185. The van der Waals surface area contributed by atoms with Crippen molar-refractivity contribution in [1.82, 2.24) is 29.3 Å². The summed E-state index contributed by atoms with van der Waals surface area (Å²) >= 11 is 0. The molecule has 0 aliphatic rings. The molecule has 0 aliphatic heterocycles. The molecule has 4 aromatic rings. The SMILES string of the molecule is CCC(C)c1nc(Nc2cn(-c3cc(OC)c(OC)c(OC)c3)cn2)c2cnn(C(C)C)c2n1. The van der Waals surface area contributed by atoms with Crippen LogP contribution in [0.3, 0.4) is 0 Å². The van der Waals surface area contributed by atoms with Gasteiger partial charge in [0.1, 0.15) is 23.8 Å². The number of aromatic nitrogens is 6. The standard InChI is InChI=1S/C24H31N7O3/c1-8-15(4)22-28-23(17-11-26-31(14(2)3)24(17)29-22)27-20-12-30(13-25-20)16-9-18(32-5)21(34-7)19(10-16)33-6/h9-15H,8H2,1-7H3,(H,27,28,29). The van der Waals surface area contributed by atoms with Gasteiger partial charge in [-0.2, -0.15) is 5.10 Å². The average molecular weight is 466 g/mol. The third kappa shape index (κ3) is 4.23. The van der Waals surface area contributed by atoms with Gasteiger partial charge in [0.2, 0.25) is 5.75 Å². The van der Waals surface area contributed by atoms with Gasteiger partial charge in [0, 0.05) is 24.1 Å². The van der Waals surface area contributed by atoms with Crippen LogP contribution in [0.15, 0.2) is 30.9 Å². The topological polar surface area (TPSA) is 101 Å². The molecule has 0 fully saturated rings. The Kier molecular flexibility index (Phi) is 6.58. The molecule has 1 unspecified atom stereocenters. The van der Waals surface area contributed by atoms with E-state index in [1.165, 1.54) is 0 Å². The van der Waals surface area contributed by atoms with Crippen LogP contribution < -0.4 is 19.5 Å². The fourth-order valence-corrected chi connectivity index (χ4v) is 3.68. The van der Waals surface area contributed by atoms with Crippen molar-refractivity contribution in [3.05, 3.63) is 36.7 Å². The maximum Gasteiger partial charge on any atom is 0.203 e. The number of hydrogen-bond donors (Lipinski definition) is 1. The molecule has 10 nitrogen and oxygen atoms in total. The predicted octanol–water partition coefficient (Wildman–Crippen LogP) is 4.88. The Morgan fingerprint density at radius 1 is 1.00 bits per heavy atom. The van der Waals surface area contributed by atoms with Gasteiger partial charge >= 0.3 is 0 Å². The Bertz CT molecular complexity index is 1270. The summed E-state index contributed by atoms with van der Waals surface area (Å²) in [6.07, 6.45) is 6.34. The van der Waals surface area contributed by atoms with Crippen LogP contribution in [0.1, 0.15) is 51.9 Å². The molecule has 1 atom stereocenters. The number of fused-ring (bicyclic) bond motifs is 1. The van der Waals surface area contributed by atoms with Crippen LogP contribution in [0.5, 0.6) is 17.2 Å². The highest BCUT2D eigenvalue weighted by molar-refractivity contribution is 5.88. The highest BCUT2D eigenvalue weighted by Crippen LogP contribution is 2.39. The predicted molar refractivity (Wildman–Crippen MR) is 131 cm³/mol. The van der Waals surface area contributed by atoms with Crippen molar-refractivity contribution in [2.45, 2.75) is 46.1 Å². The molecule has 1 N–H and O–H groups in total. The molecule has 0 aliphatic carbocycles. The molecule has 0 saturated heterocycles. The van der Waals surface area contributed by atoms with Crippen molar-refractivity contribution >= 4 is 22.7 Å². The third-order valence-electron chi connectivity index (χ3n) is 5.79. The summed E-state index contributed by atoms with van der Waals surface area (Å²) in [5.41, 5.74) is 1.63. The zero-order chi connectivity index (χ0) is 24.4. The zero-order valence-corrected chi connectivity index (χ0v) is 20.7. The van der Waals surface area contributed by atoms with Crippen molar-refractivity contribution in [2.24, 2.45) is 0 Å². The number of rotatable bonds is 9. The molecular weight excluding hydrogens is 434 g/mol. The lowest BCUT2D eigenvalue weighted by atomic mass is 10.1. The zero-order valence-electron chi connectivity index (χ0n) is 20.7. The van der Waals surface area contributed by atoms with Crippen molar-refractivity contribution in [3.63, 3.8) is 0 Å². The smallest absolute Gasteiger partial charge is 0.203 e. The summed E-state index contributed by atoms with van der Waals surface area (Å²) in [5, 5.41) is 8.75. The van der Waals surface area contributed by atoms with Gasteiger partial charge < -0.3 is 24.1 Å². The Morgan fingerprint density at radius 2 is 1.71 bits per heavy atom. The van der Waals surface area contributed by atoms with Gasteiger partial charge in [0.05, 0.1) is 44.8 Å². The monoisotopic (exact) mass is 465 g/mol. The Hall–Kier alpha value is -3.82. The Balaban J connectivity index is 1.73. The summed E-state index contributed by atoms with van der Waals surface area (Å²) in [6, 6.07) is 3.91. The lowest BCUT2D eigenvalue weighted by Gasteiger charge is -2.14. The molecular formula is C24H31N7O3. The maximum absolute atomic E-state index is 5.48.